The van der Waals surface area contributed by atoms with Crippen molar-refractivity contribution in [2.24, 2.45) is 7.05 Å². The summed E-state index contributed by atoms with van der Waals surface area (Å²) in [5.41, 5.74) is 2.98. The third-order valence-electron chi connectivity index (χ3n) is 3.26. The van der Waals surface area contributed by atoms with Gasteiger partial charge in [0.15, 0.2) is 11.3 Å². The van der Waals surface area contributed by atoms with Gasteiger partial charge in [0, 0.05) is 12.1 Å². The number of imidazole rings is 1. The third kappa shape index (κ3) is 2.32. The normalized spacial score (nSPS) is 11.1. The van der Waals surface area contributed by atoms with Gasteiger partial charge in [-0.25, -0.2) is 15.0 Å². The van der Waals surface area contributed by atoms with E-state index in [0.29, 0.717) is 33.0 Å². The number of aromatic nitrogens is 4. The molecule has 0 bridgehead atoms. The lowest BCUT2D eigenvalue weighted by Gasteiger charge is -2.12. The minimum absolute atomic E-state index is 0.312. The fourth-order valence-corrected chi connectivity index (χ4v) is 2.71. The Hall–Kier alpha value is -1.85. The first-order chi connectivity index (χ1) is 10.0. The van der Waals surface area contributed by atoms with E-state index in [9.17, 15) is 0 Å². The van der Waals surface area contributed by atoms with Gasteiger partial charge in [-0.05, 0) is 24.6 Å². The van der Waals surface area contributed by atoms with Gasteiger partial charge in [-0.1, -0.05) is 23.2 Å². The molecule has 0 saturated heterocycles. The Labute approximate surface area is 131 Å². The fraction of sp³-hybridized carbons (Fsp3) is 0.214. The van der Waals surface area contributed by atoms with E-state index in [4.69, 9.17) is 27.9 Å². The summed E-state index contributed by atoms with van der Waals surface area (Å²) in [4.78, 5) is 13.0. The van der Waals surface area contributed by atoms with E-state index < -0.39 is 0 Å². The Morgan fingerprint density at radius 2 is 1.95 bits per heavy atom. The van der Waals surface area contributed by atoms with Crippen LogP contribution >= 0.6 is 23.2 Å². The number of hydrogen-bond acceptors (Lipinski definition) is 4. The number of halogens is 2. The van der Waals surface area contributed by atoms with Crippen LogP contribution in [0.2, 0.25) is 10.2 Å². The molecular formula is C14H12Cl2N4O. The minimum atomic E-state index is 0.312. The molecule has 2 heterocycles. The van der Waals surface area contributed by atoms with E-state index >= 15 is 0 Å². The average Bonchev–Trinajstić information content (AvgIpc) is 2.74. The van der Waals surface area contributed by atoms with Crippen molar-refractivity contribution in [2.75, 3.05) is 7.11 Å². The van der Waals surface area contributed by atoms with Gasteiger partial charge in [0.25, 0.3) is 0 Å². The molecule has 3 aromatic rings. The standard InChI is InChI=1S/C14H12Cl2N4O/c1-7-4-8(15)5-9(21-3)11(7)13-19-12-14(20(13)2)17-6-10(16)18-12/h4-6H,1-3H3. The van der Waals surface area contributed by atoms with Crippen LogP contribution < -0.4 is 4.74 Å². The van der Waals surface area contributed by atoms with Crippen molar-refractivity contribution in [3.8, 4) is 17.1 Å². The van der Waals surface area contributed by atoms with Gasteiger partial charge in [0.1, 0.15) is 16.7 Å². The maximum absolute atomic E-state index is 6.08. The summed E-state index contributed by atoms with van der Waals surface area (Å²) in [6.07, 6.45) is 1.50. The van der Waals surface area contributed by atoms with E-state index in [1.807, 2.05) is 24.6 Å². The Kier molecular flexibility index (Phi) is 3.47. The molecule has 108 valence electrons. The van der Waals surface area contributed by atoms with Gasteiger partial charge in [0.05, 0.1) is 18.9 Å². The number of nitrogens with zero attached hydrogens (tertiary/aromatic N) is 4. The molecule has 1 aromatic carbocycles. The molecule has 0 unspecified atom stereocenters. The lowest BCUT2D eigenvalue weighted by atomic mass is 10.1. The average molecular weight is 323 g/mol. The molecule has 0 N–H and O–H groups in total. The molecule has 3 rings (SSSR count). The quantitative estimate of drug-likeness (QED) is 0.722. The first-order valence-electron chi connectivity index (χ1n) is 6.20. The van der Waals surface area contributed by atoms with Crippen LogP contribution in [0.5, 0.6) is 5.75 Å². The summed E-state index contributed by atoms with van der Waals surface area (Å²) >= 11 is 12.0. The van der Waals surface area contributed by atoms with Crippen molar-refractivity contribution in [3.63, 3.8) is 0 Å². The van der Waals surface area contributed by atoms with Crippen molar-refractivity contribution >= 4 is 34.5 Å². The van der Waals surface area contributed by atoms with Crippen LogP contribution in [0.15, 0.2) is 18.3 Å². The molecule has 5 nitrogen and oxygen atoms in total. The van der Waals surface area contributed by atoms with Gasteiger partial charge in [-0.3, -0.25) is 0 Å². The van der Waals surface area contributed by atoms with Gasteiger partial charge >= 0.3 is 0 Å². The van der Waals surface area contributed by atoms with Gasteiger partial charge < -0.3 is 9.30 Å². The van der Waals surface area contributed by atoms with Crippen LogP contribution in [0.25, 0.3) is 22.7 Å². The van der Waals surface area contributed by atoms with Crippen molar-refractivity contribution in [2.45, 2.75) is 6.92 Å². The van der Waals surface area contributed by atoms with E-state index in [-0.39, 0.29) is 0 Å². The SMILES string of the molecule is COc1cc(Cl)cc(C)c1-c1nc2nc(Cl)cnc2n1C. The summed E-state index contributed by atoms with van der Waals surface area (Å²) < 4.78 is 7.29. The Bertz CT molecular complexity index is 845. The summed E-state index contributed by atoms with van der Waals surface area (Å²) in [7, 11) is 3.48. The van der Waals surface area contributed by atoms with Crippen LogP contribution in [0, 0.1) is 6.92 Å². The molecular weight excluding hydrogens is 311 g/mol. The number of aryl methyl sites for hydroxylation is 2. The molecule has 0 saturated carbocycles. The summed E-state index contributed by atoms with van der Waals surface area (Å²) in [5.74, 6) is 1.36. The zero-order chi connectivity index (χ0) is 15.1. The van der Waals surface area contributed by atoms with Crippen molar-refractivity contribution in [3.05, 3.63) is 34.1 Å². The molecule has 21 heavy (non-hydrogen) atoms. The Morgan fingerprint density at radius 3 is 2.67 bits per heavy atom. The second-order valence-corrected chi connectivity index (χ2v) is 5.46. The van der Waals surface area contributed by atoms with Crippen LogP contribution in [0.1, 0.15) is 5.56 Å². The summed E-state index contributed by atoms with van der Waals surface area (Å²) in [5, 5.41) is 0.929. The van der Waals surface area contributed by atoms with Crippen LogP contribution in [-0.4, -0.2) is 26.6 Å². The number of fused-ring (bicyclic) bond motifs is 1. The van der Waals surface area contributed by atoms with Crippen LogP contribution in [0.3, 0.4) is 0 Å². The topological polar surface area (TPSA) is 52.8 Å². The van der Waals surface area contributed by atoms with E-state index in [0.717, 1.165) is 11.1 Å². The zero-order valence-corrected chi connectivity index (χ0v) is 13.2. The maximum atomic E-state index is 6.08. The third-order valence-corrected chi connectivity index (χ3v) is 3.66. The smallest absolute Gasteiger partial charge is 0.199 e. The van der Waals surface area contributed by atoms with Crippen molar-refractivity contribution in [1.82, 2.24) is 19.5 Å². The number of benzene rings is 1. The molecule has 0 amide bonds. The van der Waals surface area contributed by atoms with Gasteiger partial charge in [0.2, 0.25) is 0 Å². The highest BCUT2D eigenvalue weighted by Crippen LogP contribution is 2.36. The van der Waals surface area contributed by atoms with Crippen LogP contribution in [0.4, 0.5) is 0 Å². The minimum Gasteiger partial charge on any atom is -0.496 e. The highest BCUT2D eigenvalue weighted by atomic mass is 35.5. The van der Waals surface area contributed by atoms with Crippen LogP contribution in [-0.2, 0) is 7.05 Å². The van der Waals surface area contributed by atoms with Crippen molar-refractivity contribution < 1.29 is 4.74 Å². The lowest BCUT2D eigenvalue weighted by Crippen LogP contribution is -1.98. The molecule has 2 aromatic heterocycles. The number of hydrogen-bond donors (Lipinski definition) is 0. The first kappa shape index (κ1) is 14.1. The molecule has 0 aliphatic heterocycles. The largest absolute Gasteiger partial charge is 0.496 e. The molecule has 0 aliphatic carbocycles. The number of rotatable bonds is 2. The molecule has 0 radical (unpaired) electrons. The highest BCUT2D eigenvalue weighted by molar-refractivity contribution is 6.31. The Balaban J connectivity index is 2.33. The van der Waals surface area contributed by atoms with E-state index in [1.54, 1.807) is 13.2 Å². The highest BCUT2D eigenvalue weighted by Gasteiger charge is 2.18. The van der Waals surface area contributed by atoms with Gasteiger partial charge in [-0.2, -0.15) is 0 Å². The fourth-order valence-electron chi connectivity index (χ4n) is 2.32. The number of methoxy groups -OCH3 is 1. The lowest BCUT2D eigenvalue weighted by molar-refractivity contribution is 0.415. The Morgan fingerprint density at radius 1 is 1.19 bits per heavy atom. The van der Waals surface area contributed by atoms with Gasteiger partial charge in [-0.15, -0.1) is 0 Å². The zero-order valence-electron chi connectivity index (χ0n) is 11.7. The van der Waals surface area contributed by atoms with Crippen molar-refractivity contribution in [1.29, 1.82) is 0 Å². The predicted molar refractivity (Wildman–Crippen MR) is 83.0 cm³/mol. The molecule has 0 aliphatic rings. The molecule has 7 heteroatoms. The second kappa shape index (κ2) is 5.16. The first-order valence-corrected chi connectivity index (χ1v) is 6.96. The summed E-state index contributed by atoms with van der Waals surface area (Å²) in [6.45, 7) is 1.96. The maximum Gasteiger partial charge on any atom is 0.199 e. The molecule has 0 fully saturated rings. The molecule has 0 spiro atoms. The van der Waals surface area contributed by atoms with E-state index in [2.05, 4.69) is 15.0 Å². The molecule has 0 atom stereocenters. The monoisotopic (exact) mass is 322 g/mol. The predicted octanol–water partition coefficient (Wildman–Crippen LogP) is 3.65. The van der Waals surface area contributed by atoms with E-state index in [1.165, 1.54) is 6.20 Å². The number of ether oxygens (including phenoxy) is 1. The second-order valence-electron chi connectivity index (χ2n) is 4.63. The summed E-state index contributed by atoms with van der Waals surface area (Å²) in [6, 6.07) is 3.63.